The molecule has 1 aromatic carbocycles. The Kier molecular flexibility index (Phi) is 4.22. The Hall–Kier alpha value is -2.11. The van der Waals surface area contributed by atoms with Crippen LogP contribution in [-0.2, 0) is 4.79 Å². The lowest BCUT2D eigenvalue weighted by atomic mass is 10.1. The van der Waals surface area contributed by atoms with Crippen LogP contribution in [0.5, 0.6) is 5.75 Å². The quantitative estimate of drug-likeness (QED) is 0.834. The molecule has 1 aliphatic carbocycles. The van der Waals surface area contributed by atoms with Gasteiger partial charge in [-0.15, -0.1) is 0 Å². The van der Waals surface area contributed by atoms with Crippen molar-refractivity contribution in [2.24, 2.45) is 5.92 Å². The van der Waals surface area contributed by atoms with Gasteiger partial charge in [-0.1, -0.05) is 6.07 Å². The van der Waals surface area contributed by atoms with Crippen LogP contribution in [0.2, 0.25) is 0 Å². The molecular formula is C14H16FNO4. The summed E-state index contributed by atoms with van der Waals surface area (Å²) in [4.78, 5) is 22.9. The molecule has 1 aliphatic rings. The molecule has 6 heteroatoms. The Labute approximate surface area is 115 Å². The average Bonchev–Trinajstić information content (AvgIpc) is 3.21. The zero-order chi connectivity index (χ0) is 14.7. The molecule has 1 fully saturated rings. The molecule has 0 aliphatic heterocycles. The van der Waals surface area contributed by atoms with Crippen molar-refractivity contribution in [3.63, 3.8) is 0 Å². The molecule has 2 N–H and O–H groups in total. The van der Waals surface area contributed by atoms with Crippen LogP contribution >= 0.6 is 0 Å². The number of carbonyl (C=O) groups excluding carboxylic acids is 1. The summed E-state index contributed by atoms with van der Waals surface area (Å²) in [5, 5.41) is 11.5. The molecule has 20 heavy (non-hydrogen) atoms. The number of carboxylic acid groups (broad SMARTS) is 1. The lowest BCUT2D eigenvalue weighted by Crippen LogP contribution is -2.38. The summed E-state index contributed by atoms with van der Waals surface area (Å²) >= 11 is 0. The number of nitrogens with one attached hydrogen (secondary N) is 1. The summed E-state index contributed by atoms with van der Waals surface area (Å²) in [5.41, 5.74) is -0.189. The molecule has 108 valence electrons. The molecular weight excluding hydrogens is 265 g/mol. The summed E-state index contributed by atoms with van der Waals surface area (Å²) < 4.78 is 18.7. The van der Waals surface area contributed by atoms with Crippen LogP contribution in [0.15, 0.2) is 18.2 Å². The number of amides is 1. The van der Waals surface area contributed by atoms with Gasteiger partial charge >= 0.3 is 5.97 Å². The van der Waals surface area contributed by atoms with Gasteiger partial charge in [0.15, 0.2) is 0 Å². The zero-order valence-corrected chi connectivity index (χ0v) is 11.1. The van der Waals surface area contributed by atoms with Crippen LogP contribution in [0.1, 0.15) is 29.6 Å². The Morgan fingerprint density at radius 2 is 2.20 bits per heavy atom. The Balaban J connectivity index is 2.16. The van der Waals surface area contributed by atoms with E-state index in [1.807, 2.05) is 0 Å². The van der Waals surface area contributed by atoms with Crippen molar-refractivity contribution in [2.45, 2.75) is 25.3 Å². The zero-order valence-electron chi connectivity index (χ0n) is 11.1. The predicted molar refractivity (Wildman–Crippen MR) is 69.2 cm³/mol. The third-order valence-corrected chi connectivity index (χ3v) is 3.32. The summed E-state index contributed by atoms with van der Waals surface area (Å²) in [6, 6.07) is 3.63. The van der Waals surface area contributed by atoms with E-state index in [9.17, 15) is 14.0 Å². The van der Waals surface area contributed by atoms with E-state index in [2.05, 4.69) is 5.32 Å². The van der Waals surface area contributed by atoms with Crippen LogP contribution in [0.25, 0.3) is 0 Å². The van der Waals surface area contributed by atoms with Gasteiger partial charge in [0, 0.05) is 6.04 Å². The second kappa shape index (κ2) is 5.90. The molecule has 0 bridgehead atoms. The number of carboxylic acids is 1. The Bertz CT molecular complexity index is 528. The predicted octanol–water partition coefficient (Wildman–Crippen LogP) is 1.82. The van der Waals surface area contributed by atoms with Crippen LogP contribution < -0.4 is 10.1 Å². The van der Waals surface area contributed by atoms with Crippen molar-refractivity contribution in [3.8, 4) is 5.75 Å². The molecule has 5 nitrogen and oxygen atoms in total. The van der Waals surface area contributed by atoms with Gasteiger partial charge < -0.3 is 15.2 Å². The number of aliphatic carboxylic acids is 1. The molecule has 0 heterocycles. The van der Waals surface area contributed by atoms with Crippen LogP contribution in [-0.4, -0.2) is 30.1 Å². The highest BCUT2D eigenvalue weighted by Crippen LogP contribution is 2.34. The Morgan fingerprint density at radius 1 is 1.50 bits per heavy atom. The van der Waals surface area contributed by atoms with E-state index in [1.54, 1.807) is 0 Å². The number of benzene rings is 1. The first-order valence-electron chi connectivity index (χ1n) is 6.38. The van der Waals surface area contributed by atoms with Gasteiger partial charge in [0.2, 0.25) is 0 Å². The maximum atomic E-state index is 13.8. The van der Waals surface area contributed by atoms with Gasteiger partial charge in [0.1, 0.15) is 17.1 Å². The fourth-order valence-corrected chi connectivity index (χ4v) is 2.16. The molecule has 0 saturated heterocycles. The maximum Gasteiger partial charge on any atom is 0.305 e. The van der Waals surface area contributed by atoms with E-state index >= 15 is 0 Å². The number of ether oxygens (including phenoxy) is 1. The Morgan fingerprint density at radius 3 is 2.75 bits per heavy atom. The molecule has 1 aromatic rings. The van der Waals surface area contributed by atoms with Crippen molar-refractivity contribution in [1.82, 2.24) is 5.32 Å². The molecule has 1 atom stereocenters. The van der Waals surface area contributed by atoms with Crippen LogP contribution in [0, 0.1) is 11.7 Å². The number of methoxy groups -OCH3 is 1. The monoisotopic (exact) mass is 281 g/mol. The van der Waals surface area contributed by atoms with E-state index < -0.39 is 23.7 Å². The topological polar surface area (TPSA) is 75.6 Å². The third kappa shape index (κ3) is 3.26. The fraction of sp³-hybridized carbons (Fsp3) is 0.429. The van der Waals surface area contributed by atoms with Crippen LogP contribution in [0.3, 0.4) is 0 Å². The van der Waals surface area contributed by atoms with E-state index in [0.29, 0.717) is 0 Å². The van der Waals surface area contributed by atoms with Crippen molar-refractivity contribution in [2.75, 3.05) is 7.11 Å². The molecule has 2 rings (SSSR count). The number of carbonyl (C=O) groups is 2. The lowest BCUT2D eigenvalue weighted by Gasteiger charge is -2.17. The van der Waals surface area contributed by atoms with Crippen molar-refractivity contribution < 1.29 is 23.8 Å². The molecule has 0 radical (unpaired) electrons. The van der Waals surface area contributed by atoms with Gasteiger partial charge in [-0.3, -0.25) is 9.59 Å². The third-order valence-electron chi connectivity index (χ3n) is 3.32. The van der Waals surface area contributed by atoms with E-state index in [1.165, 1.54) is 25.3 Å². The number of hydrogen-bond donors (Lipinski definition) is 2. The minimum atomic E-state index is -0.984. The van der Waals surface area contributed by atoms with E-state index in [-0.39, 0.29) is 23.7 Å². The van der Waals surface area contributed by atoms with Gasteiger partial charge in [-0.25, -0.2) is 4.39 Å². The van der Waals surface area contributed by atoms with Gasteiger partial charge in [0.05, 0.1) is 13.5 Å². The summed E-state index contributed by atoms with van der Waals surface area (Å²) in [5.74, 6) is -2.02. The highest BCUT2D eigenvalue weighted by Gasteiger charge is 2.34. The average molecular weight is 281 g/mol. The second-order valence-electron chi connectivity index (χ2n) is 4.83. The van der Waals surface area contributed by atoms with Gasteiger partial charge in [-0.05, 0) is 30.9 Å². The first-order chi connectivity index (χ1) is 9.52. The maximum absolute atomic E-state index is 13.8. The molecule has 1 unspecified atom stereocenters. The van der Waals surface area contributed by atoms with Crippen molar-refractivity contribution in [3.05, 3.63) is 29.6 Å². The summed E-state index contributed by atoms with van der Waals surface area (Å²) in [6.07, 6.45) is 1.60. The molecule has 1 saturated carbocycles. The summed E-state index contributed by atoms with van der Waals surface area (Å²) in [6.45, 7) is 0. The van der Waals surface area contributed by atoms with Gasteiger partial charge in [0.25, 0.3) is 5.91 Å². The smallest absolute Gasteiger partial charge is 0.305 e. The minimum absolute atomic E-state index is 0.132. The first kappa shape index (κ1) is 14.3. The van der Waals surface area contributed by atoms with Gasteiger partial charge in [-0.2, -0.15) is 0 Å². The molecule has 0 aromatic heterocycles. The second-order valence-corrected chi connectivity index (χ2v) is 4.83. The molecule has 1 amide bonds. The largest absolute Gasteiger partial charge is 0.496 e. The molecule has 0 spiro atoms. The number of rotatable bonds is 6. The number of halogens is 1. The highest BCUT2D eigenvalue weighted by molar-refractivity contribution is 5.97. The fourth-order valence-electron chi connectivity index (χ4n) is 2.16. The minimum Gasteiger partial charge on any atom is -0.496 e. The SMILES string of the molecule is COc1cccc(F)c1C(=O)NC(CC(=O)O)C1CC1. The van der Waals surface area contributed by atoms with Crippen LogP contribution in [0.4, 0.5) is 4.39 Å². The van der Waals surface area contributed by atoms with E-state index in [0.717, 1.165) is 12.8 Å². The highest BCUT2D eigenvalue weighted by atomic mass is 19.1. The summed E-state index contributed by atoms with van der Waals surface area (Å²) in [7, 11) is 1.35. The number of hydrogen-bond acceptors (Lipinski definition) is 3. The van der Waals surface area contributed by atoms with Crippen molar-refractivity contribution in [1.29, 1.82) is 0 Å². The first-order valence-corrected chi connectivity index (χ1v) is 6.38. The standard InChI is InChI=1S/C14H16FNO4/c1-20-11-4-2-3-9(15)13(11)14(19)16-10(7-12(17)18)8-5-6-8/h2-4,8,10H,5-7H2,1H3,(H,16,19)(H,17,18). The van der Waals surface area contributed by atoms with E-state index in [4.69, 9.17) is 9.84 Å². The lowest BCUT2D eigenvalue weighted by molar-refractivity contribution is -0.137. The normalized spacial score (nSPS) is 15.5. The van der Waals surface area contributed by atoms with Crippen molar-refractivity contribution >= 4 is 11.9 Å².